The minimum atomic E-state index is -0.753. The van der Waals surface area contributed by atoms with Gasteiger partial charge in [0.1, 0.15) is 0 Å². The van der Waals surface area contributed by atoms with Crippen LogP contribution in [-0.4, -0.2) is 0 Å². The molecule has 0 spiro atoms. The number of rotatable bonds is 1. The van der Waals surface area contributed by atoms with Crippen molar-refractivity contribution < 1.29 is 24.6 Å². The molecule has 0 N–H and O–H groups in total. The van der Waals surface area contributed by atoms with Gasteiger partial charge in [0.05, 0.1) is 0 Å². The van der Waals surface area contributed by atoms with Gasteiger partial charge < -0.3 is 0 Å². The standard InChI is InChI=1S/C11H10.Hg/c1-2-3-5-8-11-9-6-4-7-10-11;/h1-10H;. The Hall–Kier alpha value is -0.365. The molecule has 1 unspecified atom stereocenters. The van der Waals surface area contributed by atoms with Gasteiger partial charge in [0, 0.05) is 0 Å². The second kappa shape index (κ2) is 4.04. The van der Waals surface area contributed by atoms with Crippen molar-refractivity contribution in [1.29, 1.82) is 0 Å². The molecule has 0 radical (unpaired) electrons. The van der Waals surface area contributed by atoms with Gasteiger partial charge >= 0.3 is 85.7 Å². The first-order valence-electron chi connectivity index (χ1n) is 4.35. The van der Waals surface area contributed by atoms with E-state index in [0.717, 1.165) is 3.43 Å². The Morgan fingerprint density at radius 1 is 1.00 bits per heavy atom. The zero-order chi connectivity index (χ0) is 8.23. The monoisotopic (exact) mass is 344 g/mol. The molecule has 0 bridgehead atoms. The third-order valence-electron chi connectivity index (χ3n) is 2.21. The van der Waals surface area contributed by atoms with Crippen molar-refractivity contribution in [1.82, 2.24) is 0 Å². The predicted molar refractivity (Wildman–Crippen MR) is 47.5 cm³/mol. The van der Waals surface area contributed by atoms with Gasteiger partial charge in [-0.05, 0) is 0 Å². The maximum atomic E-state index is 2.44. The minimum absolute atomic E-state index is 0.753. The van der Waals surface area contributed by atoms with Crippen LogP contribution in [0.25, 0.3) is 0 Å². The molecule has 1 aliphatic rings. The van der Waals surface area contributed by atoms with E-state index in [-0.39, 0.29) is 0 Å². The summed E-state index contributed by atoms with van der Waals surface area (Å²) in [5.74, 6) is 0. The van der Waals surface area contributed by atoms with E-state index in [1.807, 2.05) is 0 Å². The van der Waals surface area contributed by atoms with Crippen LogP contribution in [-0.2, 0) is 24.6 Å². The van der Waals surface area contributed by atoms with Gasteiger partial charge in [-0.2, -0.15) is 0 Å². The Bertz CT molecular complexity index is 298. The van der Waals surface area contributed by atoms with E-state index in [4.69, 9.17) is 0 Å². The Balaban J connectivity index is 2.21. The van der Waals surface area contributed by atoms with Crippen molar-refractivity contribution in [3.8, 4) is 0 Å². The van der Waals surface area contributed by atoms with Gasteiger partial charge in [0.15, 0.2) is 0 Å². The van der Waals surface area contributed by atoms with E-state index in [2.05, 4.69) is 52.1 Å². The molecule has 1 aromatic rings. The molecule has 1 heterocycles. The van der Waals surface area contributed by atoms with Crippen LogP contribution in [0.5, 0.6) is 0 Å². The fourth-order valence-corrected chi connectivity index (χ4v) is 7.23. The van der Waals surface area contributed by atoms with Crippen molar-refractivity contribution in [2.24, 2.45) is 0 Å². The van der Waals surface area contributed by atoms with E-state index < -0.39 is 24.6 Å². The molecule has 56 valence electrons. The van der Waals surface area contributed by atoms with E-state index in [1.54, 1.807) is 0 Å². The predicted octanol–water partition coefficient (Wildman–Crippen LogP) is 2.89. The van der Waals surface area contributed by atoms with Crippen LogP contribution in [0, 0.1) is 0 Å². The van der Waals surface area contributed by atoms with Crippen LogP contribution in [0.3, 0.4) is 0 Å². The van der Waals surface area contributed by atoms with E-state index in [1.165, 1.54) is 5.56 Å². The Labute approximate surface area is 85.4 Å². The average molecular weight is 343 g/mol. The van der Waals surface area contributed by atoms with Crippen molar-refractivity contribution in [2.75, 3.05) is 0 Å². The summed E-state index contributed by atoms with van der Waals surface area (Å²) in [6, 6.07) is 10.8. The van der Waals surface area contributed by atoms with Gasteiger partial charge in [-0.1, -0.05) is 0 Å². The second-order valence-electron chi connectivity index (χ2n) is 3.07. The van der Waals surface area contributed by atoms with Gasteiger partial charge in [-0.15, -0.1) is 0 Å². The van der Waals surface area contributed by atoms with Gasteiger partial charge in [0.25, 0.3) is 0 Å². The molecule has 12 heavy (non-hydrogen) atoms. The number of hydrogen-bond donors (Lipinski definition) is 0. The average Bonchev–Trinajstić information content (AvgIpc) is 2.21. The molecule has 1 atom stereocenters. The van der Waals surface area contributed by atoms with Gasteiger partial charge in [-0.3, -0.25) is 0 Å². The second-order valence-corrected chi connectivity index (χ2v) is 10.2. The van der Waals surface area contributed by atoms with Gasteiger partial charge in [0.2, 0.25) is 0 Å². The molecule has 2 rings (SSSR count). The van der Waals surface area contributed by atoms with Crippen molar-refractivity contribution in [3.63, 3.8) is 0 Å². The van der Waals surface area contributed by atoms with Crippen molar-refractivity contribution in [2.45, 2.75) is 3.43 Å². The molecule has 0 amide bonds. The van der Waals surface area contributed by atoms with Crippen molar-refractivity contribution in [3.05, 3.63) is 57.7 Å². The molecule has 0 saturated carbocycles. The van der Waals surface area contributed by atoms with Crippen molar-refractivity contribution >= 4 is 0 Å². The fourth-order valence-electron chi connectivity index (χ4n) is 1.53. The molecule has 0 nitrogen and oxygen atoms in total. The quantitative estimate of drug-likeness (QED) is 0.688. The zero-order valence-corrected chi connectivity index (χ0v) is 12.5. The van der Waals surface area contributed by atoms with Crippen LogP contribution in [0.4, 0.5) is 0 Å². The molecule has 0 saturated heterocycles. The topological polar surface area (TPSA) is 0 Å². The fraction of sp³-hybridized carbons (Fsp3) is 0.0909. The SMILES string of the molecule is C1=[CH][Hg][CH](c2ccccc2)C=C1. The van der Waals surface area contributed by atoms with Gasteiger partial charge in [-0.25, -0.2) is 0 Å². The summed E-state index contributed by atoms with van der Waals surface area (Å²) in [5, 5.41) is 0. The first kappa shape index (κ1) is 8.24. The normalized spacial score (nSPS) is 19.8. The molecule has 0 fully saturated rings. The molecule has 1 heteroatoms. The molecular weight excluding hydrogens is 333 g/mol. The Morgan fingerprint density at radius 2 is 1.83 bits per heavy atom. The third kappa shape index (κ3) is 1.86. The van der Waals surface area contributed by atoms with Crippen LogP contribution in [0.15, 0.2) is 52.1 Å². The zero-order valence-electron chi connectivity index (χ0n) is 6.98. The van der Waals surface area contributed by atoms with E-state index >= 15 is 0 Å². The first-order chi connectivity index (χ1) is 5.97. The third-order valence-corrected chi connectivity index (χ3v) is 9.19. The Kier molecular flexibility index (Phi) is 2.77. The summed E-state index contributed by atoms with van der Waals surface area (Å²) < 4.78 is 3.26. The molecule has 1 aromatic carbocycles. The number of hydrogen-bond acceptors (Lipinski definition) is 0. The molecule has 0 aliphatic carbocycles. The summed E-state index contributed by atoms with van der Waals surface area (Å²) in [6.07, 6.45) is 6.75. The van der Waals surface area contributed by atoms with Crippen LogP contribution in [0.2, 0.25) is 0 Å². The maximum absolute atomic E-state index is 2.44. The summed E-state index contributed by atoms with van der Waals surface area (Å²) in [5.41, 5.74) is 1.51. The molecule has 1 aliphatic heterocycles. The van der Waals surface area contributed by atoms with E-state index in [0.29, 0.717) is 0 Å². The summed E-state index contributed by atoms with van der Waals surface area (Å²) in [6.45, 7) is 0. The Morgan fingerprint density at radius 3 is 2.50 bits per heavy atom. The van der Waals surface area contributed by atoms with Crippen LogP contribution < -0.4 is 0 Å². The van der Waals surface area contributed by atoms with Crippen LogP contribution >= 0.6 is 0 Å². The van der Waals surface area contributed by atoms with E-state index in [9.17, 15) is 0 Å². The number of benzene rings is 1. The summed E-state index contributed by atoms with van der Waals surface area (Å²) in [7, 11) is 0. The summed E-state index contributed by atoms with van der Waals surface area (Å²) in [4.78, 5) is 0. The first-order valence-corrected chi connectivity index (χ1v) is 10.7. The molecular formula is C11H10Hg. The summed E-state index contributed by atoms with van der Waals surface area (Å²) >= 11 is -0.753. The van der Waals surface area contributed by atoms with Crippen LogP contribution in [0.1, 0.15) is 8.99 Å². The number of allylic oxidation sites excluding steroid dienone is 3. The molecule has 0 aromatic heterocycles.